The van der Waals surface area contributed by atoms with Gasteiger partial charge >= 0.3 is 0 Å². The van der Waals surface area contributed by atoms with Crippen LogP contribution in [0.2, 0.25) is 5.02 Å². The minimum atomic E-state index is -0.351. The lowest BCUT2D eigenvalue weighted by atomic mass is 9.94. The lowest BCUT2D eigenvalue weighted by Crippen LogP contribution is -2.40. The predicted octanol–water partition coefficient (Wildman–Crippen LogP) is 2.44. The molecule has 19 heavy (non-hydrogen) atoms. The molecular formula is C13H16ClN3O2. The van der Waals surface area contributed by atoms with Crippen LogP contribution in [0.5, 0.6) is 0 Å². The first-order valence-electron chi connectivity index (χ1n) is 6.57. The Morgan fingerprint density at radius 1 is 1.42 bits per heavy atom. The fraction of sp³-hybridized carbons (Fsp3) is 0.538. The molecule has 2 aliphatic rings. The Kier molecular flexibility index (Phi) is 3.33. The number of piperidine rings is 1. The largest absolute Gasteiger partial charge is 0.364 e. The Hall–Kier alpha value is -1.33. The number of nitro benzene ring substituents is 1. The molecule has 2 atom stereocenters. The van der Waals surface area contributed by atoms with Gasteiger partial charge < -0.3 is 10.2 Å². The average molecular weight is 282 g/mol. The molecule has 3 rings (SSSR count). The lowest BCUT2D eigenvalue weighted by molar-refractivity contribution is -0.384. The number of anilines is 1. The van der Waals surface area contributed by atoms with Gasteiger partial charge in [0, 0.05) is 30.2 Å². The maximum absolute atomic E-state index is 11.1. The number of rotatable bonds is 2. The van der Waals surface area contributed by atoms with Gasteiger partial charge in [0.15, 0.2) is 0 Å². The van der Waals surface area contributed by atoms with Crippen LogP contribution >= 0.6 is 11.6 Å². The van der Waals surface area contributed by atoms with Crippen molar-refractivity contribution in [3.63, 3.8) is 0 Å². The number of halogens is 1. The zero-order chi connectivity index (χ0) is 13.4. The molecule has 0 aliphatic carbocycles. The van der Waals surface area contributed by atoms with Crippen LogP contribution in [0.4, 0.5) is 11.4 Å². The lowest BCUT2D eigenvalue weighted by Gasteiger charge is -2.24. The summed E-state index contributed by atoms with van der Waals surface area (Å²) < 4.78 is 0. The van der Waals surface area contributed by atoms with Crippen LogP contribution in [0.25, 0.3) is 0 Å². The van der Waals surface area contributed by atoms with E-state index in [2.05, 4.69) is 10.2 Å². The predicted molar refractivity (Wildman–Crippen MR) is 74.8 cm³/mol. The number of hydrogen-bond donors (Lipinski definition) is 1. The van der Waals surface area contributed by atoms with Crippen molar-refractivity contribution < 1.29 is 4.92 Å². The van der Waals surface area contributed by atoms with Crippen LogP contribution in [-0.4, -0.2) is 30.6 Å². The van der Waals surface area contributed by atoms with E-state index < -0.39 is 0 Å². The molecule has 2 aliphatic heterocycles. The highest BCUT2D eigenvalue weighted by Crippen LogP contribution is 2.35. The van der Waals surface area contributed by atoms with Crippen LogP contribution in [0.3, 0.4) is 0 Å². The topological polar surface area (TPSA) is 58.4 Å². The van der Waals surface area contributed by atoms with Crippen molar-refractivity contribution in [3.8, 4) is 0 Å². The van der Waals surface area contributed by atoms with Gasteiger partial charge in [-0.1, -0.05) is 11.6 Å². The van der Waals surface area contributed by atoms with Gasteiger partial charge in [-0.15, -0.1) is 0 Å². The number of nitro groups is 1. The Labute approximate surface area is 116 Å². The summed E-state index contributed by atoms with van der Waals surface area (Å²) in [7, 11) is 0. The fourth-order valence-electron chi connectivity index (χ4n) is 3.15. The highest BCUT2D eigenvalue weighted by Gasteiger charge is 2.36. The second-order valence-electron chi connectivity index (χ2n) is 5.26. The SMILES string of the molecule is O=[N+]([O-])c1cc(Cl)ccc1N1C[C@@H]2CCCN[C@@H]2C1. The number of fused-ring (bicyclic) bond motifs is 1. The summed E-state index contributed by atoms with van der Waals surface area (Å²) in [5.41, 5.74) is 0.789. The maximum atomic E-state index is 11.1. The summed E-state index contributed by atoms with van der Waals surface area (Å²) in [6.07, 6.45) is 2.40. The smallest absolute Gasteiger partial charge is 0.294 e. The molecule has 0 amide bonds. The molecule has 0 spiro atoms. The normalized spacial score (nSPS) is 26.3. The fourth-order valence-corrected chi connectivity index (χ4v) is 3.32. The van der Waals surface area contributed by atoms with Crippen LogP contribution in [0, 0.1) is 16.0 Å². The van der Waals surface area contributed by atoms with Crippen molar-refractivity contribution >= 4 is 23.0 Å². The van der Waals surface area contributed by atoms with Crippen LogP contribution in [-0.2, 0) is 0 Å². The summed E-state index contributed by atoms with van der Waals surface area (Å²) >= 11 is 5.85. The van der Waals surface area contributed by atoms with Crippen molar-refractivity contribution in [2.45, 2.75) is 18.9 Å². The summed E-state index contributed by atoms with van der Waals surface area (Å²) in [5, 5.41) is 15.1. The standard InChI is InChI=1S/C13H16ClN3O2/c14-10-3-4-12(13(6-10)17(18)19)16-7-9-2-1-5-15-11(9)8-16/h3-4,6,9,11,15H,1-2,5,7-8H2/t9-,11+/m0/s1. The monoisotopic (exact) mass is 281 g/mol. The van der Waals surface area contributed by atoms with Gasteiger partial charge in [-0.25, -0.2) is 0 Å². The molecule has 0 aromatic heterocycles. The van der Waals surface area contributed by atoms with E-state index in [9.17, 15) is 10.1 Å². The quantitative estimate of drug-likeness (QED) is 0.668. The third-order valence-corrected chi connectivity index (χ3v) is 4.31. The van der Waals surface area contributed by atoms with Gasteiger partial charge in [0.05, 0.1) is 4.92 Å². The Morgan fingerprint density at radius 3 is 3.00 bits per heavy atom. The van der Waals surface area contributed by atoms with E-state index in [1.54, 1.807) is 12.1 Å². The van der Waals surface area contributed by atoms with Crippen molar-refractivity contribution in [3.05, 3.63) is 33.3 Å². The van der Waals surface area contributed by atoms with Crippen molar-refractivity contribution in [2.75, 3.05) is 24.5 Å². The van der Waals surface area contributed by atoms with E-state index >= 15 is 0 Å². The highest BCUT2D eigenvalue weighted by atomic mass is 35.5. The maximum Gasteiger partial charge on any atom is 0.294 e. The van der Waals surface area contributed by atoms with E-state index in [-0.39, 0.29) is 10.6 Å². The first kappa shape index (κ1) is 12.7. The van der Waals surface area contributed by atoms with Gasteiger partial charge in [0.1, 0.15) is 5.69 Å². The van der Waals surface area contributed by atoms with E-state index in [0.29, 0.717) is 22.7 Å². The summed E-state index contributed by atoms with van der Waals surface area (Å²) in [6.45, 7) is 2.78. The van der Waals surface area contributed by atoms with E-state index in [4.69, 9.17) is 11.6 Å². The molecule has 0 radical (unpaired) electrons. The second kappa shape index (κ2) is 4.98. The first-order chi connectivity index (χ1) is 9.15. The van der Waals surface area contributed by atoms with Gasteiger partial charge in [-0.2, -0.15) is 0 Å². The number of nitrogens with one attached hydrogen (secondary N) is 1. The van der Waals surface area contributed by atoms with E-state index in [1.165, 1.54) is 18.9 Å². The third kappa shape index (κ3) is 2.40. The average Bonchev–Trinajstić information content (AvgIpc) is 2.82. The molecule has 5 nitrogen and oxygen atoms in total. The summed E-state index contributed by atoms with van der Waals surface area (Å²) in [5.74, 6) is 0.601. The number of hydrogen-bond acceptors (Lipinski definition) is 4. The second-order valence-corrected chi connectivity index (χ2v) is 5.69. The molecule has 1 N–H and O–H groups in total. The van der Waals surface area contributed by atoms with Crippen molar-refractivity contribution in [2.24, 2.45) is 5.92 Å². The molecule has 1 aromatic rings. The number of benzene rings is 1. The molecule has 0 saturated carbocycles. The molecule has 6 heteroatoms. The van der Waals surface area contributed by atoms with Crippen LogP contribution in [0.15, 0.2) is 18.2 Å². The van der Waals surface area contributed by atoms with Gasteiger partial charge in [0.2, 0.25) is 0 Å². The molecule has 0 bridgehead atoms. The van der Waals surface area contributed by atoms with Gasteiger partial charge in [-0.3, -0.25) is 10.1 Å². The van der Waals surface area contributed by atoms with E-state index in [0.717, 1.165) is 19.6 Å². The minimum absolute atomic E-state index is 0.103. The number of nitrogens with zero attached hydrogens (tertiary/aromatic N) is 2. The Balaban J connectivity index is 1.88. The molecule has 2 heterocycles. The molecule has 0 unspecified atom stereocenters. The molecule has 1 aromatic carbocycles. The Bertz CT molecular complexity index is 495. The summed E-state index contributed by atoms with van der Waals surface area (Å²) in [6, 6.07) is 5.38. The van der Waals surface area contributed by atoms with Gasteiger partial charge in [-0.05, 0) is 37.4 Å². The molecule has 2 saturated heterocycles. The molecule has 2 fully saturated rings. The van der Waals surface area contributed by atoms with Gasteiger partial charge in [0.25, 0.3) is 5.69 Å². The highest BCUT2D eigenvalue weighted by molar-refractivity contribution is 6.30. The zero-order valence-electron chi connectivity index (χ0n) is 10.5. The first-order valence-corrected chi connectivity index (χ1v) is 6.95. The van der Waals surface area contributed by atoms with E-state index in [1.807, 2.05) is 0 Å². The molecule has 102 valence electrons. The van der Waals surface area contributed by atoms with Crippen LogP contribution in [0.1, 0.15) is 12.8 Å². The van der Waals surface area contributed by atoms with Crippen molar-refractivity contribution in [1.29, 1.82) is 0 Å². The Morgan fingerprint density at radius 2 is 2.26 bits per heavy atom. The van der Waals surface area contributed by atoms with Crippen LogP contribution < -0.4 is 10.2 Å². The third-order valence-electron chi connectivity index (χ3n) is 4.07. The minimum Gasteiger partial charge on any atom is -0.364 e. The zero-order valence-corrected chi connectivity index (χ0v) is 11.3. The molecular weight excluding hydrogens is 266 g/mol. The summed E-state index contributed by atoms with van der Waals surface area (Å²) in [4.78, 5) is 12.9. The van der Waals surface area contributed by atoms with Crippen molar-refractivity contribution in [1.82, 2.24) is 5.32 Å².